The van der Waals surface area contributed by atoms with E-state index in [4.69, 9.17) is 0 Å². The minimum Gasteiger partial charge on any atom is -0.370 e. The van der Waals surface area contributed by atoms with E-state index in [0.717, 1.165) is 25.1 Å². The quantitative estimate of drug-likeness (QED) is 0.681. The maximum absolute atomic E-state index is 12.3. The van der Waals surface area contributed by atoms with E-state index in [-0.39, 0.29) is 11.8 Å². The maximum Gasteiger partial charge on any atom is 0.251 e. The third-order valence-electron chi connectivity index (χ3n) is 4.07. The van der Waals surface area contributed by atoms with Crippen molar-refractivity contribution in [2.75, 3.05) is 25.0 Å². The lowest BCUT2D eigenvalue weighted by Gasteiger charge is -2.20. The summed E-state index contributed by atoms with van der Waals surface area (Å²) in [5.41, 5.74) is 2.89. The number of carbonyl (C=O) groups excluding carboxylic acids is 2. The van der Waals surface area contributed by atoms with E-state index in [0.29, 0.717) is 18.7 Å². The monoisotopic (exact) mass is 353 g/mol. The molecule has 5 heteroatoms. The molecule has 2 aromatic rings. The predicted octanol–water partition coefficient (Wildman–Crippen LogP) is 2.97. The van der Waals surface area contributed by atoms with Crippen LogP contribution in [0.15, 0.2) is 54.6 Å². The average molecular weight is 353 g/mol. The van der Waals surface area contributed by atoms with Crippen molar-refractivity contribution in [1.82, 2.24) is 10.6 Å². The number of hydrogen-bond acceptors (Lipinski definition) is 3. The summed E-state index contributed by atoms with van der Waals surface area (Å²) in [6.45, 7) is 3.53. The van der Waals surface area contributed by atoms with Gasteiger partial charge in [0.25, 0.3) is 5.91 Å². The molecule has 0 bridgehead atoms. The summed E-state index contributed by atoms with van der Waals surface area (Å²) in [5, 5.41) is 5.68. The van der Waals surface area contributed by atoms with E-state index in [1.807, 2.05) is 49.5 Å². The Bertz CT molecular complexity index is 716. The highest BCUT2D eigenvalue weighted by molar-refractivity contribution is 5.95. The largest absolute Gasteiger partial charge is 0.370 e. The first-order chi connectivity index (χ1) is 12.6. The molecule has 0 saturated carbocycles. The molecular weight excluding hydrogens is 326 g/mol. The smallest absolute Gasteiger partial charge is 0.251 e. The van der Waals surface area contributed by atoms with Crippen molar-refractivity contribution in [2.45, 2.75) is 26.3 Å². The first kappa shape index (κ1) is 19.5. The molecule has 26 heavy (non-hydrogen) atoms. The summed E-state index contributed by atoms with van der Waals surface area (Å²) in [6.07, 6.45) is 1.68. The van der Waals surface area contributed by atoms with E-state index in [1.165, 1.54) is 12.5 Å². The van der Waals surface area contributed by atoms with E-state index < -0.39 is 0 Å². The van der Waals surface area contributed by atoms with E-state index in [2.05, 4.69) is 27.7 Å². The Morgan fingerprint density at radius 3 is 2.31 bits per heavy atom. The number of nitrogens with zero attached hydrogens (tertiary/aromatic N) is 1. The second-order valence-corrected chi connectivity index (χ2v) is 6.34. The summed E-state index contributed by atoms with van der Waals surface area (Å²) in [4.78, 5) is 25.2. The summed E-state index contributed by atoms with van der Waals surface area (Å²) in [5.74, 6) is -0.0926. The normalized spacial score (nSPS) is 10.2. The number of carbonyl (C=O) groups is 2. The number of rotatable bonds is 9. The predicted molar refractivity (Wildman–Crippen MR) is 105 cm³/mol. The Labute approximate surface area is 155 Å². The van der Waals surface area contributed by atoms with Gasteiger partial charge in [0.2, 0.25) is 5.91 Å². The molecule has 0 atom stereocenters. The van der Waals surface area contributed by atoms with Crippen LogP contribution in [0.5, 0.6) is 0 Å². The third-order valence-corrected chi connectivity index (χ3v) is 4.07. The van der Waals surface area contributed by atoms with Crippen molar-refractivity contribution in [3.8, 4) is 0 Å². The van der Waals surface area contributed by atoms with Crippen LogP contribution in [0.1, 0.15) is 35.7 Å². The van der Waals surface area contributed by atoms with Crippen molar-refractivity contribution in [2.24, 2.45) is 0 Å². The zero-order valence-electron chi connectivity index (χ0n) is 15.5. The molecule has 0 heterocycles. The molecule has 0 fully saturated rings. The Morgan fingerprint density at radius 2 is 1.62 bits per heavy atom. The van der Waals surface area contributed by atoms with Gasteiger partial charge in [-0.3, -0.25) is 9.59 Å². The summed E-state index contributed by atoms with van der Waals surface area (Å²) in [6, 6.07) is 17.9. The van der Waals surface area contributed by atoms with Crippen molar-refractivity contribution in [3.63, 3.8) is 0 Å². The van der Waals surface area contributed by atoms with Gasteiger partial charge in [-0.25, -0.2) is 0 Å². The highest BCUT2D eigenvalue weighted by atomic mass is 16.2. The standard InChI is InChI=1S/C21H27N3O2/c1-17(25)22-13-6-7-14-23-21(26)19-11-8-12-20(15-19)24(2)16-18-9-4-3-5-10-18/h3-5,8-12,15H,6-7,13-14,16H2,1-2H3,(H,22,25)(H,23,26). The van der Waals surface area contributed by atoms with E-state index in [9.17, 15) is 9.59 Å². The van der Waals surface area contributed by atoms with Crippen LogP contribution in [-0.4, -0.2) is 32.0 Å². The third kappa shape index (κ3) is 6.59. The number of amides is 2. The molecule has 0 radical (unpaired) electrons. The molecule has 0 aliphatic rings. The first-order valence-electron chi connectivity index (χ1n) is 8.94. The van der Waals surface area contributed by atoms with Crippen LogP contribution in [-0.2, 0) is 11.3 Å². The Balaban J connectivity index is 1.83. The van der Waals surface area contributed by atoms with Gasteiger partial charge in [0.15, 0.2) is 0 Å². The summed E-state index contributed by atoms with van der Waals surface area (Å²) < 4.78 is 0. The molecule has 5 nitrogen and oxygen atoms in total. The van der Waals surface area contributed by atoms with Gasteiger partial charge in [0.05, 0.1) is 0 Å². The summed E-state index contributed by atoms with van der Waals surface area (Å²) in [7, 11) is 2.02. The minimum absolute atomic E-state index is 0.0227. The van der Waals surface area contributed by atoms with E-state index in [1.54, 1.807) is 0 Å². The van der Waals surface area contributed by atoms with Crippen LogP contribution in [0.25, 0.3) is 0 Å². The highest BCUT2D eigenvalue weighted by Crippen LogP contribution is 2.17. The van der Waals surface area contributed by atoms with Gasteiger partial charge >= 0.3 is 0 Å². The van der Waals surface area contributed by atoms with Gasteiger partial charge in [-0.05, 0) is 36.6 Å². The minimum atomic E-state index is -0.0699. The maximum atomic E-state index is 12.3. The van der Waals surface area contributed by atoms with Crippen molar-refractivity contribution < 1.29 is 9.59 Å². The molecule has 0 aromatic heterocycles. The van der Waals surface area contributed by atoms with Crippen LogP contribution >= 0.6 is 0 Å². The molecule has 2 aromatic carbocycles. The molecule has 2 rings (SSSR count). The first-order valence-corrected chi connectivity index (χ1v) is 8.94. The molecule has 138 valence electrons. The topological polar surface area (TPSA) is 61.4 Å². The van der Waals surface area contributed by atoms with Gasteiger partial charge in [-0.2, -0.15) is 0 Å². The Kier molecular flexibility index (Phi) is 7.68. The van der Waals surface area contributed by atoms with Crippen LogP contribution in [0.4, 0.5) is 5.69 Å². The zero-order valence-corrected chi connectivity index (χ0v) is 15.5. The van der Waals surface area contributed by atoms with Gasteiger partial charge in [0.1, 0.15) is 0 Å². The van der Waals surface area contributed by atoms with Crippen molar-refractivity contribution in [1.29, 1.82) is 0 Å². The number of hydrogen-bond donors (Lipinski definition) is 2. The van der Waals surface area contributed by atoms with Gasteiger partial charge < -0.3 is 15.5 Å². The lowest BCUT2D eigenvalue weighted by molar-refractivity contribution is -0.118. The molecular formula is C21H27N3O2. The molecule has 0 unspecified atom stereocenters. The number of unbranched alkanes of at least 4 members (excludes halogenated alkanes) is 1. The fourth-order valence-electron chi connectivity index (χ4n) is 2.65. The van der Waals surface area contributed by atoms with Gasteiger partial charge in [0, 0.05) is 44.9 Å². The fraction of sp³-hybridized carbons (Fsp3) is 0.333. The Hall–Kier alpha value is -2.82. The number of benzene rings is 2. The lowest BCUT2D eigenvalue weighted by atomic mass is 10.1. The molecule has 0 aliphatic carbocycles. The second kappa shape index (κ2) is 10.2. The lowest BCUT2D eigenvalue weighted by Crippen LogP contribution is -2.26. The fourth-order valence-corrected chi connectivity index (χ4v) is 2.65. The molecule has 2 N–H and O–H groups in total. The van der Waals surface area contributed by atoms with Crippen LogP contribution in [0, 0.1) is 0 Å². The molecule has 2 amide bonds. The van der Waals surface area contributed by atoms with Gasteiger partial charge in [-0.1, -0.05) is 36.4 Å². The van der Waals surface area contributed by atoms with E-state index >= 15 is 0 Å². The van der Waals surface area contributed by atoms with Crippen LogP contribution in [0.3, 0.4) is 0 Å². The second-order valence-electron chi connectivity index (χ2n) is 6.34. The number of nitrogens with one attached hydrogen (secondary N) is 2. The molecule has 0 saturated heterocycles. The zero-order chi connectivity index (χ0) is 18.8. The van der Waals surface area contributed by atoms with Crippen LogP contribution < -0.4 is 15.5 Å². The highest BCUT2D eigenvalue weighted by Gasteiger charge is 2.08. The molecule has 0 spiro atoms. The van der Waals surface area contributed by atoms with Crippen molar-refractivity contribution in [3.05, 3.63) is 65.7 Å². The SMILES string of the molecule is CC(=O)NCCCCNC(=O)c1cccc(N(C)Cc2ccccc2)c1. The molecule has 0 aliphatic heterocycles. The Morgan fingerprint density at radius 1 is 0.923 bits per heavy atom. The average Bonchev–Trinajstić information content (AvgIpc) is 2.65. The van der Waals surface area contributed by atoms with Crippen molar-refractivity contribution >= 4 is 17.5 Å². The number of anilines is 1. The van der Waals surface area contributed by atoms with Crippen LogP contribution in [0.2, 0.25) is 0 Å². The van der Waals surface area contributed by atoms with Gasteiger partial charge in [-0.15, -0.1) is 0 Å². The summed E-state index contributed by atoms with van der Waals surface area (Å²) >= 11 is 0.